The first kappa shape index (κ1) is 26.0. The van der Waals surface area contributed by atoms with Crippen molar-refractivity contribution in [1.82, 2.24) is 20.2 Å². The van der Waals surface area contributed by atoms with E-state index in [1.165, 1.54) is 17.4 Å². The Hall–Kier alpha value is -4.11. The Kier molecular flexibility index (Phi) is 8.93. The van der Waals surface area contributed by atoms with E-state index in [0.29, 0.717) is 11.0 Å². The number of hydrazone groups is 1. The van der Waals surface area contributed by atoms with Gasteiger partial charge in [0.2, 0.25) is 0 Å². The summed E-state index contributed by atoms with van der Waals surface area (Å²) in [5.74, 6) is 1.37. The maximum Gasteiger partial charge on any atom is 0.250 e. The molecule has 4 aromatic rings. The Bertz CT molecular complexity index is 1320. The number of thioether (sulfide) groups is 1. The van der Waals surface area contributed by atoms with Gasteiger partial charge in [-0.2, -0.15) is 5.10 Å². The number of nitrogens with zero attached hydrogens (tertiary/aromatic N) is 5. The van der Waals surface area contributed by atoms with E-state index in [2.05, 4.69) is 51.6 Å². The number of aromatic nitrogens is 3. The molecule has 1 amide bonds. The third-order valence-corrected chi connectivity index (χ3v) is 6.68. The predicted molar refractivity (Wildman–Crippen MR) is 150 cm³/mol. The van der Waals surface area contributed by atoms with Gasteiger partial charge in [-0.1, -0.05) is 42.1 Å². The molecule has 0 fully saturated rings. The van der Waals surface area contributed by atoms with E-state index in [1.807, 2.05) is 71.3 Å². The third kappa shape index (κ3) is 6.56. The van der Waals surface area contributed by atoms with Crippen molar-refractivity contribution in [2.24, 2.45) is 5.10 Å². The molecule has 0 spiro atoms. The number of carbonyl (C=O) groups is 1. The van der Waals surface area contributed by atoms with Crippen LogP contribution in [0.15, 0.2) is 89.1 Å². The smallest absolute Gasteiger partial charge is 0.250 e. The Labute approximate surface area is 221 Å². The van der Waals surface area contributed by atoms with Gasteiger partial charge in [-0.05, 0) is 67.9 Å². The zero-order valence-corrected chi connectivity index (χ0v) is 22.0. The molecule has 37 heavy (non-hydrogen) atoms. The predicted octanol–water partition coefficient (Wildman–Crippen LogP) is 5.03. The highest BCUT2D eigenvalue weighted by Crippen LogP contribution is 2.29. The summed E-state index contributed by atoms with van der Waals surface area (Å²) in [7, 11) is 1.63. The van der Waals surface area contributed by atoms with Crippen LogP contribution in [0.5, 0.6) is 5.75 Å². The Balaban J connectivity index is 1.42. The molecule has 8 nitrogen and oxygen atoms in total. The first-order chi connectivity index (χ1) is 18.1. The van der Waals surface area contributed by atoms with Gasteiger partial charge >= 0.3 is 0 Å². The molecule has 1 N–H and O–H groups in total. The lowest BCUT2D eigenvalue weighted by Crippen LogP contribution is -2.21. The zero-order chi connectivity index (χ0) is 26.0. The molecular weight excluding hydrogens is 484 g/mol. The van der Waals surface area contributed by atoms with Crippen LogP contribution < -0.4 is 15.1 Å². The molecule has 0 bridgehead atoms. The lowest BCUT2D eigenvalue weighted by atomic mass is 10.2. The normalized spacial score (nSPS) is 11.0. The van der Waals surface area contributed by atoms with Crippen molar-refractivity contribution in [3.05, 3.63) is 84.4 Å². The van der Waals surface area contributed by atoms with E-state index in [1.54, 1.807) is 13.3 Å². The van der Waals surface area contributed by atoms with Gasteiger partial charge in [0.05, 0.1) is 19.1 Å². The van der Waals surface area contributed by atoms with Crippen molar-refractivity contribution in [3.8, 4) is 22.8 Å². The second-order valence-electron chi connectivity index (χ2n) is 8.05. The minimum Gasteiger partial charge on any atom is -0.497 e. The van der Waals surface area contributed by atoms with Crippen molar-refractivity contribution in [1.29, 1.82) is 0 Å². The summed E-state index contributed by atoms with van der Waals surface area (Å²) >= 11 is 1.30. The first-order valence-electron chi connectivity index (χ1n) is 12.1. The topological polar surface area (TPSA) is 84.6 Å². The number of hydrogen-bond donors (Lipinski definition) is 1. The highest BCUT2D eigenvalue weighted by atomic mass is 32.2. The Morgan fingerprint density at radius 1 is 1.00 bits per heavy atom. The number of benzene rings is 3. The number of ether oxygens (including phenoxy) is 1. The molecule has 4 rings (SSSR count). The van der Waals surface area contributed by atoms with Gasteiger partial charge in [0.25, 0.3) is 5.91 Å². The number of anilines is 1. The van der Waals surface area contributed by atoms with Crippen molar-refractivity contribution >= 4 is 29.6 Å². The number of para-hydroxylation sites is 1. The van der Waals surface area contributed by atoms with Gasteiger partial charge in [-0.15, -0.1) is 10.2 Å². The number of rotatable bonds is 11. The largest absolute Gasteiger partial charge is 0.497 e. The van der Waals surface area contributed by atoms with Crippen LogP contribution in [0, 0.1) is 0 Å². The van der Waals surface area contributed by atoms with Crippen LogP contribution >= 0.6 is 11.8 Å². The van der Waals surface area contributed by atoms with Crippen molar-refractivity contribution in [2.45, 2.75) is 19.0 Å². The molecule has 190 valence electrons. The highest BCUT2D eigenvalue weighted by Gasteiger charge is 2.17. The van der Waals surface area contributed by atoms with E-state index >= 15 is 0 Å². The van der Waals surface area contributed by atoms with E-state index in [0.717, 1.165) is 35.7 Å². The van der Waals surface area contributed by atoms with Gasteiger partial charge in [0, 0.05) is 30.0 Å². The fourth-order valence-electron chi connectivity index (χ4n) is 3.80. The fourth-order valence-corrected chi connectivity index (χ4v) is 4.55. The Morgan fingerprint density at radius 3 is 2.35 bits per heavy atom. The number of hydrogen-bond acceptors (Lipinski definition) is 7. The molecule has 0 aliphatic rings. The average Bonchev–Trinajstić information content (AvgIpc) is 3.38. The van der Waals surface area contributed by atoms with Crippen LogP contribution in [0.25, 0.3) is 17.1 Å². The van der Waals surface area contributed by atoms with Crippen LogP contribution in [0.3, 0.4) is 0 Å². The minimum absolute atomic E-state index is 0.145. The molecular formula is C28H30N6O2S. The minimum atomic E-state index is -0.227. The second-order valence-corrected chi connectivity index (χ2v) is 8.99. The monoisotopic (exact) mass is 514 g/mol. The summed E-state index contributed by atoms with van der Waals surface area (Å²) in [5.41, 5.74) is 6.48. The maximum atomic E-state index is 12.5. The van der Waals surface area contributed by atoms with Gasteiger partial charge < -0.3 is 9.64 Å². The summed E-state index contributed by atoms with van der Waals surface area (Å²) in [6.45, 7) is 6.18. The van der Waals surface area contributed by atoms with Crippen molar-refractivity contribution in [3.63, 3.8) is 0 Å². The third-order valence-electron chi connectivity index (χ3n) is 5.75. The van der Waals surface area contributed by atoms with Gasteiger partial charge in [0.15, 0.2) is 11.0 Å². The number of nitrogens with one attached hydrogen (secondary N) is 1. The average molecular weight is 515 g/mol. The van der Waals surface area contributed by atoms with Crippen LogP contribution in [0.4, 0.5) is 5.69 Å². The summed E-state index contributed by atoms with van der Waals surface area (Å²) in [4.78, 5) is 14.8. The zero-order valence-electron chi connectivity index (χ0n) is 21.2. The van der Waals surface area contributed by atoms with E-state index < -0.39 is 0 Å². The van der Waals surface area contributed by atoms with Crippen molar-refractivity contribution < 1.29 is 9.53 Å². The molecule has 0 radical (unpaired) electrons. The summed E-state index contributed by atoms with van der Waals surface area (Å²) in [6.07, 6.45) is 1.64. The summed E-state index contributed by atoms with van der Waals surface area (Å²) in [5, 5.41) is 13.5. The van der Waals surface area contributed by atoms with Crippen LogP contribution in [0.2, 0.25) is 0 Å². The van der Waals surface area contributed by atoms with Gasteiger partial charge in [-0.25, -0.2) is 5.43 Å². The number of amides is 1. The van der Waals surface area contributed by atoms with Gasteiger partial charge in [0.1, 0.15) is 5.75 Å². The number of methoxy groups -OCH3 is 1. The lowest BCUT2D eigenvalue weighted by molar-refractivity contribution is -0.118. The van der Waals surface area contributed by atoms with Crippen molar-refractivity contribution in [2.75, 3.05) is 30.9 Å². The fraction of sp³-hybridized carbons (Fsp3) is 0.214. The maximum absolute atomic E-state index is 12.5. The molecule has 3 aromatic carbocycles. The second kappa shape index (κ2) is 12.7. The molecule has 0 saturated heterocycles. The molecule has 0 aliphatic carbocycles. The molecule has 9 heteroatoms. The molecule has 0 aliphatic heterocycles. The van der Waals surface area contributed by atoms with E-state index in [4.69, 9.17) is 4.74 Å². The molecule has 0 atom stereocenters. The van der Waals surface area contributed by atoms with E-state index in [-0.39, 0.29) is 11.7 Å². The lowest BCUT2D eigenvalue weighted by Gasteiger charge is -2.20. The SMILES string of the molecule is CCN(CC)c1ccc(/C=N/NC(=O)CSc2nnc(-c3ccc(OC)cc3)n2-c2ccccc2)cc1. The molecule has 1 aromatic heterocycles. The quantitative estimate of drug-likeness (QED) is 0.172. The first-order valence-corrected chi connectivity index (χ1v) is 13.1. The highest BCUT2D eigenvalue weighted by molar-refractivity contribution is 7.99. The van der Waals surface area contributed by atoms with Crippen LogP contribution in [0.1, 0.15) is 19.4 Å². The van der Waals surface area contributed by atoms with Crippen LogP contribution in [-0.4, -0.2) is 52.8 Å². The number of carbonyl (C=O) groups excluding carboxylic acids is 1. The molecule has 0 saturated carbocycles. The summed E-state index contributed by atoms with van der Waals surface area (Å²) in [6, 6.07) is 25.6. The summed E-state index contributed by atoms with van der Waals surface area (Å²) < 4.78 is 7.21. The van der Waals surface area contributed by atoms with Crippen LogP contribution in [-0.2, 0) is 4.79 Å². The standard InChI is InChI=1S/C28H30N6O2S/c1-4-33(5-2)23-15-11-21(12-16-23)19-29-30-26(35)20-37-28-32-31-27(22-13-17-25(36-3)18-14-22)34(28)24-9-7-6-8-10-24/h6-19H,4-5,20H2,1-3H3,(H,30,35)/b29-19+. The molecule has 0 unspecified atom stereocenters. The molecule has 1 heterocycles. The van der Waals surface area contributed by atoms with E-state index in [9.17, 15) is 4.79 Å². The Morgan fingerprint density at radius 2 is 1.70 bits per heavy atom. The van der Waals surface area contributed by atoms with Gasteiger partial charge in [-0.3, -0.25) is 9.36 Å².